The number of nitrogens with one attached hydrogen (secondary N) is 1. The van der Waals surface area contributed by atoms with Crippen molar-refractivity contribution in [2.24, 2.45) is 5.92 Å². The van der Waals surface area contributed by atoms with Crippen LogP contribution < -0.4 is 5.32 Å². The van der Waals surface area contributed by atoms with Crippen LogP contribution in [0.15, 0.2) is 24.3 Å². The lowest BCUT2D eigenvalue weighted by Gasteiger charge is -2.22. The van der Waals surface area contributed by atoms with Crippen LogP contribution in [0, 0.1) is 5.92 Å². The molecule has 0 saturated carbocycles. The first-order valence-electron chi connectivity index (χ1n) is 7.05. The quantitative estimate of drug-likeness (QED) is 0.898. The summed E-state index contributed by atoms with van der Waals surface area (Å²) in [5, 5.41) is 12.6. The van der Waals surface area contributed by atoms with Crippen molar-refractivity contribution in [3.05, 3.63) is 34.9 Å². The number of likely N-dealkylation sites (tertiary alicyclic amines) is 1. The minimum atomic E-state index is -0.838. The molecule has 0 aliphatic carbocycles. The van der Waals surface area contributed by atoms with Gasteiger partial charge in [0.25, 0.3) is 0 Å². The van der Waals surface area contributed by atoms with Gasteiger partial charge in [-0.05, 0) is 30.5 Å². The van der Waals surface area contributed by atoms with Crippen molar-refractivity contribution in [1.29, 1.82) is 0 Å². The summed E-state index contributed by atoms with van der Waals surface area (Å²) in [5.74, 6) is -1.29. The summed E-state index contributed by atoms with van der Waals surface area (Å²) in [5.41, 5.74) is 0.990. The molecule has 2 N–H and O–H groups in total. The summed E-state index contributed by atoms with van der Waals surface area (Å²) >= 11 is 5.86. The van der Waals surface area contributed by atoms with E-state index in [2.05, 4.69) is 5.32 Å². The van der Waals surface area contributed by atoms with E-state index in [1.807, 2.05) is 19.1 Å². The summed E-state index contributed by atoms with van der Waals surface area (Å²) in [6.45, 7) is 2.75. The molecule has 0 spiro atoms. The van der Waals surface area contributed by atoms with E-state index in [1.165, 1.54) is 0 Å². The monoisotopic (exact) mass is 310 g/mol. The fourth-order valence-corrected chi connectivity index (χ4v) is 2.63. The number of carboxylic acids is 1. The van der Waals surface area contributed by atoms with Crippen LogP contribution in [0.4, 0.5) is 4.79 Å². The summed E-state index contributed by atoms with van der Waals surface area (Å²) in [4.78, 5) is 24.7. The zero-order valence-corrected chi connectivity index (χ0v) is 12.6. The van der Waals surface area contributed by atoms with Gasteiger partial charge in [-0.15, -0.1) is 0 Å². The fourth-order valence-electron chi connectivity index (χ4n) is 2.50. The lowest BCUT2D eigenvalue weighted by Crippen LogP contribution is -2.40. The Balaban J connectivity index is 1.97. The van der Waals surface area contributed by atoms with Crippen molar-refractivity contribution in [1.82, 2.24) is 10.2 Å². The second-order valence-corrected chi connectivity index (χ2v) is 5.67. The van der Waals surface area contributed by atoms with Crippen LogP contribution in [-0.2, 0) is 4.79 Å². The number of amides is 2. The number of urea groups is 1. The maximum Gasteiger partial charge on any atom is 0.317 e. The zero-order chi connectivity index (χ0) is 15.4. The molecule has 6 heteroatoms. The molecule has 1 aliphatic heterocycles. The van der Waals surface area contributed by atoms with Gasteiger partial charge in [-0.2, -0.15) is 0 Å². The maximum absolute atomic E-state index is 12.2. The number of rotatable bonds is 4. The Morgan fingerprint density at radius 1 is 1.43 bits per heavy atom. The van der Waals surface area contributed by atoms with Crippen molar-refractivity contribution in [3.8, 4) is 0 Å². The molecule has 0 aromatic heterocycles. The van der Waals surface area contributed by atoms with Gasteiger partial charge in [-0.3, -0.25) is 4.79 Å². The highest BCUT2D eigenvalue weighted by Gasteiger charge is 2.31. The molecule has 1 saturated heterocycles. The summed E-state index contributed by atoms with van der Waals surface area (Å²) in [6.07, 6.45) is 1.27. The van der Waals surface area contributed by atoms with E-state index < -0.39 is 11.9 Å². The van der Waals surface area contributed by atoms with Gasteiger partial charge in [-0.25, -0.2) is 4.79 Å². The summed E-state index contributed by atoms with van der Waals surface area (Å²) in [6, 6.07) is 7.06. The molecular formula is C15H19ClN2O3. The van der Waals surface area contributed by atoms with Gasteiger partial charge in [0.1, 0.15) is 0 Å². The maximum atomic E-state index is 12.2. The molecule has 1 aromatic carbocycles. The Labute approximate surface area is 128 Å². The topological polar surface area (TPSA) is 69.6 Å². The predicted molar refractivity (Wildman–Crippen MR) is 80.3 cm³/mol. The van der Waals surface area contributed by atoms with Crippen LogP contribution >= 0.6 is 11.6 Å². The minimum absolute atomic E-state index is 0.0985. The van der Waals surface area contributed by atoms with Gasteiger partial charge in [0.05, 0.1) is 12.0 Å². The molecule has 2 unspecified atom stereocenters. The highest BCUT2D eigenvalue weighted by atomic mass is 35.5. The Bertz CT molecular complexity index is 518. The van der Waals surface area contributed by atoms with Crippen molar-refractivity contribution >= 4 is 23.6 Å². The average molecular weight is 311 g/mol. The number of hydrogen-bond donors (Lipinski definition) is 2. The molecule has 5 nitrogen and oxygen atoms in total. The second kappa shape index (κ2) is 6.80. The van der Waals surface area contributed by atoms with Crippen LogP contribution in [0.1, 0.15) is 31.4 Å². The lowest BCUT2D eigenvalue weighted by atomic mass is 10.1. The third-order valence-corrected chi connectivity index (χ3v) is 4.06. The number of carbonyl (C=O) groups is 2. The first-order chi connectivity index (χ1) is 10.0. The van der Waals surface area contributed by atoms with Crippen LogP contribution in [-0.4, -0.2) is 35.1 Å². The van der Waals surface area contributed by atoms with Gasteiger partial charge in [0.2, 0.25) is 0 Å². The van der Waals surface area contributed by atoms with Crippen molar-refractivity contribution in [3.63, 3.8) is 0 Å². The van der Waals surface area contributed by atoms with E-state index >= 15 is 0 Å². The molecule has 0 radical (unpaired) electrons. The normalized spacial score (nSPS) is 19.3. The van der Waals surface area contributed by atoms with Crippen molar-refractivity contribution in [2.45, 2.75) is 25.8 Å². The summed E-state index contributed by atoms with van der Waals surface area (Å²) < 4.78 is 0. The molecule has 1 aromatic rings. The van der Waals surface area contributed by atoms with Gasteiger partial charge >= 0.3 is 12.0 Å². The van der Waals surface area contributed by atoms with Crippen LogP contribution in [0.5, 0.6) is 0 Å². The number of nitrogens with zero attached hydrogens (tertiary/aromatic N) is 1. The first kappa shape index (κ1) is 15.6. The van der Waals surface area contributed by atoms with Crippen molar-refractivity contribution < 1.29 is 14.7 Å². The van der Waals surface area contributed by atoms with Gasteiger partial charge in [0.15, 0.2) is 0 Å². The van der Waals surface area contributed by atoms with E-state index in [-0.39, 0.29) is 18.6 Å². The molecule has 1 heterocycles. The average Bonchev–Trinajstić information content (AvgIpc) is 2.96. The molecule has 2 amide bonds. The first-order valence-corrected chi connectivity index (χ1v) is 7.42. The van der Waals surface area contributed by atoms with Crippen LogP contribution in [0.2, 0.25) is 5.02 Å². The molecule has 1 aliphatic rings. The molecule has 1 fully saturated rings. The SMILES string of the molecule is CCC(NC(=O)N1CCC(C(=O)O)C1)c1ccc(Cl)cc1. The molecule has 2 atom stereocenters. The molecule has 2 rings (SSSR count). The standard InChI is InChI=1S/C15H19ClN2O3/c1-2-13(10-3-5-12(16)6-4-10)17-15(21)18-8-7-11(9-18)14(19)20/h3-6,11,13H,2,7-9H2,1H3,(H,17,21)(H,19,20). The lowest BCUT2D eigenvalue weighted by molar-refractivity contribution is -0.141. The molecule has 21 heavy (non-hydrogen) atoms. The zero-order valence-electron chi connectivity index (χ0n) is 11.9. The predicted octanol–water partition coefficient (Wildman–Crippen LogP) is 2.91. The Morgan fingerprint density at radius 3 is 2.62 bits per heavy atom. The number of halogens is 1. The van der Waals surface area contributed by atoms with Gasteiger partial charge < -0.3 is 15.3 Å². The minimum Gasteiger partial charge on any atom is -0.481 e. The molecular weight excluding hydrogens is 292 g/mol. The van der Waals surface area contributed by atoms with E-state index in [0.29, 0.717) is 18.0 Å². The Kier molecular flexibility index (Phi) is 5.07. The van der Waals surface area contributed by atoms with Gasteiger partial charge in [0, 0.05) is 18.1 Å². The highest BCUT2D eigenvalue weighted by molar-refractivity contribution is 6.30. The third-order valence-electron chi connectivity index (χ3n) is 3.80. The number of benzene rings is 1. The smallest absolute Gasteiger partial charge is 0.317 e. The van der Waals surface area contributed by atoms with E-state index in [4.69, 9.17) is 16.7 Å². The second-order valence-electron chi connectivity index (χ2n) is 5.23. The number of aliphatic carboxylic acids is 1. The number of hydrogen-bond acceptors (Lipinski definition) is 2. The third kappa shape index (κ3) is 3.88. The van der Waals surface area contributed by atoms with Crippen LogP contribution in [0.3, 0.4) is 0 Å². The largest absolute Gasteiger partial charge is 0.481 e. The molecule has 0 bridgehead atoms. The van der Waals surface area contributed by atoms with E-state index in [0.717, 1.165) is 12.0 Å². The van der Waals surface area contributed by atoms with Crippen molar-refractivity contribution in [2.75, 3.05) is 13.1 Å². The molecule has 114 valence electrons. The Morgan fingerprint density at radius 2 is 2.10 bits per heavy atom. The fraction of sp³-hybridized carbons (Fsp3) is 0.467. The Hall–Kier alpha value is -1.75. The number of carbonyl (C=O) groups excluding carboxylic acids is 1. The summed E-state index contributed by atoms with van der Waals surface area (Å²) in [7, 11) is 0. The van der Waals surface area contributed by atoms with Crippen LogP contribution in [0.25, 0.3) is 0 Å². The van der Waals surface area contributed by atoms with E-state index in [9.17, 15) is 9.59 Å². The van der Waals surface area contributed by atoms with E-state index in [1.54, 1.807) is 17.0 Å². The number of carboxylic acid groups (broad SMARTS) is 1. The van der Waals surface area contributed by atoms with Gasteiger partial charge in [-0.1, -0.05) is 30.7 Å². The highest BCUT2D eigenvalue weighted by Crippen LogP contribution is 2.21.